The van der Waals surface area contributed by atoms with Crippen LogP contribution in [0.15, 0.2) is 21.9 Å². The fourth-order valence-corrected chi connectivity index (χ4v) is 4.83. The first-order valence-electron chi connectivity index (χ1n) is 10.3. The van der Waals surface area contributed by atoms with Gasteiger partial charge in [0.15, 0.2) is 0 Å². The standard InChI is InChI=1S/C21H29N5O3/c1-24-10-8-21(9-11-24)6-4-15(5-7-21)23-18(27)14-12-16-17(22-13-14)25(2)20(29)26(3)19(16)28/h12-13,15H,4-11H2,1-3H3,(H,23,27). The summed E-state index contributed by atoms with van der Waals surface area (Å²) in [5, 5.41) is 3.40. The van der Waals surface area contributed by atoms with Gasteiger partial charge in [-0.15, -0.1) is 0 Å². The molecule has 0 aromatic carbocycles. The molecule has 0 atom stereocenters. The van der Waals surface area contributed by atoms with E-state index in [1.807, 2.05) is 0 Å². The van der Waals surface area contributed by atoms with Gasteiger partial charge in [0, 0.05) is 26.3 Å². The number of nitrogens with one attached hydrogen (secondary N) is 1. The Bertz CT molecular complexity index is 1050. The Balaban J connectivity index is 1.47. The summed E-state index contributed by atoms with van der Waals surface area (Å²) in [7, 11) is 5.18. The average Bonchev–Trinajstić information content (AvgIpc) is 2.74. The molecule has 2 fully saturated rings. The van der Waals surface area contributed by atoms with Crippen molar-refractivity contribution in [1.29, 1.82) is 0 Å². The number of hydrogen-bond donors (Lipinski definition) is 1. The number of aryl methyl sites for hydroxylation is 1. The number of piperidine rings is 1. The molecule has 2 aliphatic rings. The molecule has 29 heavy (non-hydrogen) atoms. The van der Waals surface area contributed by atoms with Crippen molar-refractivity contribution in [3.05, 3.63) is 38.7 Å². The molecule has 0 unspecified atom stereocenters. The zero-order valence-corrected chi connectivity index (χ0v) is 17.4. The van der Waals surface area contributed by atoms with Crippen LogP contribution in [0.25, 0.3) is 11.0 Å². The van der Waals surface area contributed by atoms with Crippen molar-refractivity contribution in [2.45, 2.75) is 44.6 Å². The normalized spacial score (nSPS) is 20.2. The second-order valence-electron chi connectivity index (χ2n) is 8.85. The number of fused-ring (bicyclic) bond motifs is 1. The largest absolute Gasteiger partial charge is 0.349 e. The van der Waals surface area contributed by atoms with Gasteiger partial charge in [-0.2, -0.15) is 0 Å². The Hall–Kier alpha value is -2.48. The Labute approximate surface area is 169 Å². The second-order valence-corrected chi connectivity index (χ2v) is 8.85. The molecule has 8 heteroatoms. The number of aromatic nitrogens is 3. The molecular formula is C21H29N5O3. The third-order valence-corrected chi connectivity index (χ3v) is 6.98. The lowest BCUT2D eigenvalue weighted by Crippen LogP contribution is -2.45. The van der Waals surface area contributed by atoms with Crippen molar-refractivity contribution in [3.63, 3.8) is 0 Å². The summed E-state index contributed by atoms with van der Waals surface area (Å²) < 4.78 is 2.36. The van der Waals surface area contributed by atoms with Gasteiger partial charge in [-0.3, -0.25) is 18.7 Å². The highest BCUT2D eigenvalue weighted by atomic mass is 16.2. The maximum absolute atomic E-state index is 12.8. The number of nitrogens with zero attached hydrogens (tertiary/aromatic N) is 4. The van der Waals surface area contributed by atoms with Crippen LogP contribution in [0.1, 0.15) is 48.9 Å². The first-order valence-corrected chi connectivity index (χ1v) is 10.3. The minimum atomic E-state index is -0.438. The molecule has 156 valence electrons. The van der Waals surface area contributed by atoms with Crippen molar-refractivity contribution in [2.24, 2.45) is 19.5 Å². The summed E-state index contributed by atoms with van der Waals surface area (Å²) in [6.45, 7) is 2.33. The lowest BCUT2D eigenvalue weighted by atomic mass is 9.67. The summed E-state index contributed by atoms with van der Waals surface area (Å²) in [6.07, 6.45) is 8.24. The van der Waals surface area contributed by atoms with Crippen LogP contribution in [0.5, 0.6) is 0 Å². The second kappa shape index (κ2) is 7.40. The van der Waals surface area contributed by atoms with Gasteiger partial charge in [0.2, 0.25) is 0 Å². The van der Waals surface area contributed by atoms with Crippen LogP contribution < -0.4 is 16.6 Å². The van der Waals surface area contributed by atoms with E-state index < -0.39 is 11.2 Å². The molecule has 1 aliphatic carbocycles. The summed E-state index contributed by atoms with van der Waals surface area (Å²) in [5.41, 5.74) is 0.226. The average molecular weight is 399 g/mol. The van der Waals surface area contributed by atoms with Gasteiger partial charge in [-0.1, -0.05) is 0 Å². The van der Waals surface area contributed by atoms with Crippen LogP contribution in [0, 0.1) is 5.41 Å². The van der Waals surface area contributed by atoms with Gasteiger partial charge in [0.25, 0.3) is 11.5 Å². The summed E-state index contributed by atoms with van der Waals surface area (Å²) in [6, 6.07) is 1.70. The molecule has 3 heterocycles. The van der Waals surface area contributed by atoms with E-state index in [2.05, 4.69) is 22.2 Å². The van der Waals surface area contributed by atoms with Crippen LogP contribution in [-0.4, -0.2) is 51.1 Å². The van der Waals surface area contributed by atoms with Crippen LogP contribution >= 0.6 is 0 Å². The fourth-order valence-electron chi connectivity index (χ4n) is 4.83. The highest BCUT2D eigenvalue weighted by Gasteiger charge is 2.37. The molecule has 2 aromatic heterocycles. The highest BCUT2D eigenvalue weighted by molar-refractivity contribution is 5.96. The third-order valence-electron chi connectivity index (χ3n) is 6.98. The van der Waals surface area contributed by atoms with Gasteiger partial charge >= 0.3 is 5.69 Å². The lowest BCUT2D eigenvalue weighted by Gasteiger charge is -2.45. The van der Waals surface area contributed by atoms with Gasteiger partial charge in [-0.05, 0) is 70.1 Å². The first kappa shape index (κ1) is 19.8. The molecule has 1 aliphatic heterocycles. The molecule has 2 aromatic rings. The van der Waals surface area contributed by atoms with Crippen LogP contribution in [0.4, 0.5) is 0 Å². The lowest BCUT2D eigenvalue weighted by molar-refractivity contribution is 0.0654. The molecule has 8 nitrogen and oxygen atoms in total. The van der Waals surface area contributed by atoms with Crippen molar-refractivity contribution in [2.75, 3.05) is 20.1 Å². The molecule has 1 saturated carbocycles. The Morgan fingerprint density at radius 2 is 1.72 bits per heavy atom. The molecule has 4 rings (SSSR count). The Kier molecular flexibility index (Phi) is 5.06. The highest BCUT2D eigenvalue weighted by Crippen LogP contribution is 2.44. The molecule has 1 N–H and O–H groups in total. The van der Waals surface area contributed by atoms with E-state index in [0.717, 1.165) is 43.3 Å². The van der Waals surface area contributed by atoms with Crippen molar-refractivity contribution >= 4 is 16.9 Å². The zero-order valence-electron chi connectivity index (χ0n) is 17.4. The van der Waals surface area contributed by atoms with Crippen LogP contribution in [-0.2, 0) is 14.1 Å². The fraction of sp³-hybridized carbons (Fsp3) is 0.619. The van der Waals surface area contributed by atoms with Gasteiger partial charge in [-0.25, -0.2) is 9.78 Å². The molecule has 0 radical (unpaired) electrons. The van der Waals surface area contributed by atoms with Crippen LogP contribution in [0.3, 0.4) is 0 Å². The van der Waals surface area contributed by atoms with E-state index in [1.54, 1.807) is 13.1 Å². The monoisotopic (exact) mass is 399 g/mol. The van der Waals surface area contributed by atoms with Gasteiger partial charge in [0.1, 0.15) is 5.65 Å². The number of carbonyl (C=O) groups excluding carboxylic acids is 1. The van der Waals surface area contributed by atoms with Gasteiger partial charge in [0.05, 0.1) is 10.9 Å². The SMILES string of the molecule is CN1CCC2(CCC(NC(=O)c3cnc4c(c3)c(=O)n(C)c(=O)n4C)CC2)CC1. The van der Waals surface area contributed by atoms with Crippen molar-refractivity contribution < 1.29 is 4.79 Å². The number of amides is 1. The molecule has 1 spiro atoms. The minimum absolute atomic E-state index is 0.159. The quantitative estimate of drug-likeness (QED) is 0.814. The van der Waals surface area contributed by atoms with E-state index in [4.69, 9.17) is 0 Å². The Morgan fingerprint density at radius 1 is 1.07 bits per heavy atom. The number of carbonyl (C=O) groups is 1. The minimum Gasteiger partial charge on any atom is -0.349 e. The van der Waals surface area contributed by atoms with Crippen LogP contribution in [0.2, 0.25) is 0 Å². The van der Waals surface area contributed by atoms with Gasteiger partial charge < -0.3 is 10.2 Å². The summed E-state index contributed by atoms with van der Waals surface area (Å²) in [4.78, 5) is 43.9. The van der Waals surface area contributed by atoms with Crippen molar-refractivity contribution in [1.82, 2.24) is 24.3 Å². The number of rotatable bonds is 2. The van der Waals surface area contributed by atoms with Crippen molar-refractivity contribution in [3.8, 4) is 0 Å². The summed E-state index contributed by atoms with van der Waals surface area (Å²) >= 11 is 0. The maximum Gasteiger partial charge on any atom is 0.332 e. The third kappa shape index (κ3) is 3.61. The predicted molar refractivity (Wildman–Crippen MR) is 111 cm³/mol. The maximum atomic E-state index is 12.8. The summed E-state index contributed by atoms with van der Waals surface area (Å²) in [5.74, 6) is -0.209. The van der Waals surface area contributed by atoms with E-state index in [0.29, 0.717) is 11.0 Å². The number of pyridine rings is 1. The predicted octanol–water partition coefficient (Wildman–Crippen LogP) is 1.02. The number of likely N-dealkylation sites (tertiary alicyclic amines) is 1. The molecule has 1 saturated heterocycles. The van der Waals surface area contributed by atoms with E-state index in [9.17, 15) is 14.4 Å². The topological polar surface area (TPSA) is 89.2 Å². The van der Waals surface area contributed by atoms with E-state index >= 15 is 0 Å². The first-order chi connectivity index (χ1) is 13.8. The van der Waals surface area contributed by atoms with E-state index in [-0.39, 0.29) is 23.0 Å². The number of hydrogen-bond acceptors (Lipinski definition) is 5. The molecule has 1 amide bonds. The van der Waals surface area contributed by atoms with E-state index in [1.165, 1.54) is 30.7 Å². The Morgan fingerprint density at radius 3 is 2.38 bits per heavy atom. The molecule has 0 bridgehead atoms. The zero-order chi connectivity index (χ0) is 20.8. The smallest absolute Gasteiger partial charge is 0.332 e. The molecular weight excluding hydrogens is 370 g/mol.